The van der Waals surface area contributed by atoms with E-state index in [0.717, 1.165) is 16.1 Å². The monoisotopic (exact) mass is 431 g/mol. The van der Waals surface area contributed by atoms with E-state index in [1.54, 1.807) is 0 Å². The number of aryl methyl sites for hydroxylation is 1. The van der Waals surface area contributed by atoms with Crippen molar-refractivity contribution in [3.63, 3.8) is 0 Å². The molecular formula is C20H18ClN3O4S. The molecule has 0 aliphatic carbocycles. The van der Waals surface area contributed by atoms with Crippen molar-refractivity contribution < 1.29 is 14.5 Å². The summed E-state index contributed by atoms with van der Waals surface area (Å²) in [4.78, 5) is 29.1. The predicted molar refractivity (Wildman–Crippen MR) is 113 cm³/mol. The first-order valence-electron chi connectivity index (χ1n) is 8.73. The van der Waals surface area contributed by atoms with Crippen LogP contribution in [0.3, 0.4) is 0 Å². The number of aromatic nitrogens is 1. The number of methoxy groups -OCH3 is 1. The Bertz CT molecular complexity index is 1150. The number of thiazole rings is 1. The molecule has 7 nitrogen and oxygen atoms in total. The van der Waals surface area contributed by atoms with Gasteiger partial charge in [0.2, 0.25) is 0 Å². The van der Waals surface area contributed by atoms with Crippen LogP contribution in [0.1, 0.15) is 22.2 Å². The van der Waals surface area contributed by atoms with Crippen LogP contribution >= 0.6 is 22.9 Å². The number of ether oxygens (including phenoxy) is 1. The van der Waals surface area contributed by atoms with Crippen molar-refractivity contribution >= 4 is 34.5 Å². The van der Waals surface area contributed by atoms with Crippen LogP contribution in [0.15, 0.2) is 47.5 Å². The Hall–Kier alpha value is -2.97. The molecular weight excluding hydrogens is 414 g/mol. The minimum Gasteiger partial charge on any atom is -0.490 e. The van der Waals surface area contributed by atoms with Crippen LogP contribution in [0.25, 0.3) is 11.3 Å². The molecule has 29 heavy (non-hydrogen) atoms. The molecule has 0 saturated heterocycles. The van der Waals surface area contributed by atoms with Gasteiger partial charge in [-0.2, -0.15) is 4.99 Å². The highest BCUT2D eigenvalue weighted by atomic mass is 35.5. The van der Waals surface area contributed by atoms with Gasteiger partial charge in [0.05, 0.1) is 17.7 Å². The summed E-state index contributed by atoms with van der Waals surface area (Å²) in [6.45, 7) is 4.53. The van der Waals surface area contributed by atoms with Crippen LogP contribution in [0.5, 0.6) is 5.75 Å². The third-order valence-electron chi connectivity index (χ3n) is 4.33. The molecule has 0 spiro atoms. The third kappa shape index (κ3) is 4.23. The van der Waals surface area contributed by atoms with Crippen molar-refractivity contribution in [2.24, 2.45) is 4.99 Å². The summed E-state index contributed by atoms with van der Waals surface area (Å²) in [5, 5.41) is 11.9. The normalized spacial score (nSPS) is 11.5. The van der Waals surface area contributed by atoms with Gasteiger partial charge >= 0.3 is 5.69 Å². The fraction of sp³-hybridized carbons (Fsp3) is 0.200. The molecule has 0 aliphatic heterocycles. The van der Waals surface area contributed by atoms with Gasteiger partial charge in [0.15, 0.2) is 10.6 Å². The quantitative estimate of drug-likeness (QED) is 0.426. The van der Waals surface area contributed by atoms with Gasteiger partial charge in [-0.05, 0) is 43.7 Å². The molecule has 0 fully saturated rings. The lowest BCUT2D eigenvalue weighted by atomic mass is 10.1. The maximum absolute atomic E-state index is 12.7. The molecule has 3 aromatic rings. The Labute approximate surface area is 176 Å². The van der Waals surface area contributed by atoms with Crippen LogP contribution in [-0.4, -0.2) is 22.5 Å². The summed E-state index contributed by atoms with van der Waals surface area (Å²) in [7, 11) is 1.34. The summed E-state index contributed by atoms with van der Waals surface area (Å²) in [6.07, 6.45) is 0. The first-order chi connectivity index (χ1) is 13.8. The number of carbonyl (C=O) groups is 1. The van der Waals surface area contributed by atoms with Crippen LogP contribution in [0, 0.1) is 17.0 Å². The topological polar surface area (TPSA) is 86.7 Å². The van der Waals surface area contributed by atoms with Gasteiger partial charge in [0, 0.05) is 28.1 Å². The lowest BCUT2D eigenvalue weighted by Crippen LogP contribution is -2.17. The largest absolute Gasteiger partial charge is 0.490 e. The summed E-state index contributed by atoms with van der Waals surface area (Å²) in [6, 6.07) is 11.5. The number of halogens is 1. The van der Waals surface area contributed by atoms with E-state index in [1.807, 2.05) is 42.7 Å². The van der Waals surface area contributed by atoms with Gasteiger partial charge in [0.1, 0.15) is 0 Å². The Morgan fingerprint density at radius 1 is 1.28 bits per heavy atom. The second-order valence-corrected chi connectivity index (χ2v) is 7.72. The van der Waals surface area contributed by atoms with Gasteiger partial charge in [-0.1, -0.05) is 23.7 Å². The molecule has 0 aliphatic rings. The van der Waals surface area contributed by atoms with Crippen LogP contribution in [0.4, 0.5) is 5.69 Å². The number of rotatable bonds is 5. The standard InChI is InChI=1S/C20H18ClN3O4S/c1-4-23-18(13-5-8-15(21)9-6-13)12(2)29-20(23)22-19(25)14-7-10-17(28-3)16(11-14)24(26)27/h5-11H,4H2,1-3H3. The smallest absolute Gasteiger partial charge is 0.311 e. The highest BCUT2D eigenvalue weighted by Crippen LogP contribution is 2.28. The first kappa shape index (κ1) is 20.8. The van der Waals surface area contributed by atoms with E-state index in [4.69, 9.17) is 16.3 Å². The molecule has 2 aromatic carbocycles. The molecule has 150 valence electrons. The maximum Gasteiger partial charge on any atom is 0.311 e. The number of carbonyl (C=O) groups excluding carboxylic acids is 1. The number of hydrogen-bond acceptors (Lipinski definition) is 5. The number of amides is 1. The fourth-order valence-electron chi connectivity index (χ4n) is 2.99. The summed E-state index contributed by atoms with van der Waals surface area (Å²) >= 11 is 7.38. The second kappa shape index (κ2) is 8.59. The van der Waals surface area contributed by atoms with Crippen molar-refractivity contribution in [3.8, 4) is 17.0 Å². The molecule has 9 heteroatoms. The van der Waals surface area contributed by atoms with Gasteiger partial charge in [-0.25, -0.2) is 0 Å². The number of benzene rings is 2. The number of hydrogen-bond donors (Lipinski definition) is 0. The number of nitrogens with zero attached hydrogens (tertiary/aromatic N) is 3. The van der Waals surface area contributed by atoms with Crippen molar-refractivity contribution in [1.29, 1.82) is 0 Å². The maximum atomic E-state index is 12.7. The van der Waals surface area contributed by atoms with Gasteiger partial charge in [0.25, 0.3) is 5.91 Å². The summed E-state index contributed by atoms with van der Waals surface area (Å²) in [5.41, 5.74) is 1.78. The minimum absolute atomic E-state index is 0.0900. The Morgan fingerprint density at radius 3 is 2.55 bits per heavy atom. The lowest BCUT2D eigenvalue weighted by Gasteiger charge is -2.07. The minimum atomic E-state index is -0.588. The summed E-state index contributed by atoms with van der Waals surface area (Å²) < 4.78 is 6.92. The fourth-order valence-corrected chi connectivity index (χ4v) is 4.17. The molecule has 0 saturated carbocycles. The Morgan fingerprint density at radius 2 is 1.97 bits per heavy atom. The van der Waals surface area contributed by atoms with Gasteiger partial charge in [-0.15, -0.1) is 11.3 Å². The highest BCUT2D eigenvalue weighted by molar-refractivity contribution is 7.09. The van der Waals surface area contributed by atoms with E-state index >= 15 is 0 Å². The van der Waals surface area contributed by atoms with Crippen molar-refractivity contribution in [1.82, 2.24) is 4.57 Å². The molecule has 1 heterocycles. The number of nitro groups is 1. The van der Waals surface area contributed by atoms with E-state index < -0.39 is 10.8 Å². The second-order valence-electron chi connectivity index (χ2n) is 6.10. The number of nitro benzene ring substituents is 1. The zero-order chi connectivity index (χ0) is 21.1. The van der Waals surface area contributed by atoms with E-state index in [1.165, 1.54) is 36.6 Å². The third-order valence-corrected chi connectivity index (χ3v) is 5.58. The molecule has 0 N–H and O–H groups in total. The van der Waals surface area contributed by atoms with Crippen LogP contribution in [0.2, 0.25) is 5.02 Å². The molecule has 0 atom stereocenters. The van der Waals surface area contributed by atoms with E-state index in [9.17, 15) is 14.9 Å². The molecule has 1 aromatic heterocycles. The first-order valence-corrected chi connectivity index (χ1v) is 9.92. The van der Waals surface area contributed by atoms with Crippen molar-refractivity contribution in [2.45, 2.75) is 20.4 Å². The van der Waals surface area contributed by atoms with Crippen molar-refractivity contribution in [2.75, 3.05) is 7.11 Å². The van der Waals surface area contributed by atoms with Gasteiger partial charge in [-0.3, -0.25) is 14.9 Å². The molecule has 0 radical (unpaired) electrons. The van der Waals surface area contributed by atoms with Gasteiger partial charge < -0.3 is 9.30 Å². The Kier molecular flexibility index (Phi) is 6.14. The average Bonchev–Trinajstić information content (AvgIpc) is 3.02. The molecule has 3 rings (SSSR count). The SMILES string of the molecule is CCn1c(-c2ccc(Cl)cc2)c(C)sc1=NC(=O)c1ccc(OC)c([N+](=O)[O-])c1. The van der Waals surface area contributed by atoms with Crippen LogP contribution < -0.4 is 9.54 Å². The molecule has 1 amide bonds. The highest BCUT2D eigenvalue weighted by Gasteiger charge is 2.19. The average molecular weight is 432 g/mol. The van der Waals surface area contributed by atoms with Crippen LogP contribution in [-0.2, 0) is 6.54 Å². The van der Waals surface area contributed by atoms with E-state index in [0.29, 0.717) is 16.4 Å². The van der Waals surface area contributed by atoms with Crippen molar-refractivity contribution in [3.05, 3.63) is 72.8 Å². The van der Waals surface area contributed by atoms with E-state index in [2.05, 4.69) is 4.99 Å². The predicted octanol–water partition coefficient (Wildman–Crippen LogP) is 4.86. The van der Waals surface area contributed by atoms with E-state index in [-0.39, 0.29) is 17.0 Å². The molecule has 0 bridgehead atoms. The zero-order valence-corrected chi connectivity index (χ0v) is 17.6. The lowest BCUT2D eigenvalue weighted by molar-refractivity contribution is -0.385. The summed E-state index contributed by atoms with van der Waals surface area (Å²) in [5.74, 6) is -0.464. The Balaban J connectivity index is 2.08. The zero-order valence-electron chi connectivity index (χ0n) is 16.0. The molecule has 0 unspecified atom stereocenters.